The number of fused-ring (bicyclic) bond motifs is 1. The SMILES string of the molecule is Cc1ccc2sc(N(CC3CCCO3)C(=O)CCSc3ccccc3)nc2c1C. The average molecular weight is 427 g/mol. The molecular formula is C23H26N2O2S2. The topological polar surface area (TPSA) is 42.4 Å². The Morgan fingerprint density at radius 3 is 2.83 bits per heavy atom. The van der Waals surface area contributed by atoms with E-state index in [0.717, 1.165) is 40.5 Å². The lowest BCUT2D eigenvalue weighted by Crippen LogP contribution is -2.37. The molecule has 0 saturated carbocycles. The van der Waals surface area contributed by atoms with Gasteiger partial charge in [-0.15, -0.1) is 11.8 Å². The molecule has 3 aromatic rings. The van der Waals surface area contributed by atoms with Gasteiger partial charge in [0.05, 0.1) is 22.9 Å². The van der Waals surface area contributed by atoms with Crippen molar-refractivity contribution in [3.63, 3.8) is 0 Å². The summed E-state index contributed by atoms with van der Waals surface area (Å²) in [7, 11) is 0. The van der Waals surface area contributed by atoms with Gasteiger partial charge in [-0.25, -0.2) is 4.98 Å². The van der Waals surface area contributed by atoms with E-state index in [9.17, 15) is 4.79 Å². The normalized spacial score (nSPS) is 16.4. The highest BCUT2D eigenvalue weighted by molar-refractivity contribution is 7.99. The van der Waals surface area contributed by atoms with E-state index in [1.54, 1.807) is 23.1 Å². The van der Waals surface area contributed by atoms with Crippen LogP contribution in [0.15, 0.2) is 47.4 Å². The molecule has 0 aliphatic carbocycles. The van der Waals surface area contributed by atoms with Crippen molar-refractivity contribution in [2.24, 2.45) is 0 Å². The molecule has 2 aromatic carbocycles. The third kappa shape index (κ3) is 4.82. The van der Waals surface area contributed by atoms with Crippen LogP contribution in [0.25, 0.3) is 10.2 Å². The molecule has 6 heteroatoms. The van der Waals surface area contributed by atoms with Gasteiger partial charge >= 0.3 is 0 Å². The lowest BCUT2D eigenvalue weighted by molar-refractivity contribution is -0.118. The predicted octanol–water partition coefficient (Wildman–Crippen LogP) is 5.61. The number of benzene rings is 2. The van der Waals surface area contributed by atoms with E-state index in [1.807, 2.05) is 23.1 Å². The van der Waals surface area contributed by atoms with Crippen LogP contribution in [-0.2, 0) is 9.53 Å². The zero-order valence-electron chi connectivity index (χ0n) is 16.9. The second-order valence-corrected chi connectivity index (χ2v) is 9.58. The van der Waals surface area contributed by atoms with Crippen molar-refractivity contribution in [1.29, 1.82) is 0 Å². The molecule has 4 nitrogen and oxygen atoms in total. The van der Waals surface area contributed by atoms with E-state index in [-0.39, 0.29) is 12.0 Å². The number of carbonyl (C=O) groups excluding carboxylic acids is 1. The molecule has 4 rings (SSSR count). The minimum Gasteiger partial charge on any atom is -0.376 e. The molecule has 0 spiro atoms. The number of amides is 1. The van der Waals surface area contributed by atoms with E-state index in [1.165, 1.54) is 16.0 Å². The first-order valence-electron chi connectivity index (χ1n) is 10.1. The summed E-state index contributed by atoms with van der Waals surface area (Å²) in [6, 6.07) is 14.5. The number of rotatable bonds is 7. The van der Waals surface area contributed by atoms with Crippen LogP contribution in [0.4, 0.5) is 5.13 Å². The molecular weight excluding hydrogens is 400 g/mol. The third-order valence-electron chi connectivity index (χ3n) is 5.34. The minimum atomic E-state index is 0.107. The van der Waals surface area contributed by atoms with Crippen molar-refractivity contribution >= 4 is 44.4 Å². The fourth-order valence-electron chi connectivity index (χ4n) is 3.52. The second-order valence-electron chi connectivity index (χ2n) is 7.40. The van der Waals surface area contributed by atoms with E-state index in [4.69, 9.17) is 9.72 Å². The molecule has 1 aliphatic heterocycles. The van der Waals surface area contributed by atoms with Crippen molar-refractivity contribution in [2.45, 2.75) is 44.1 Å². The molecule has 1 fully saturated rings. The zero-order valence-corrected chi connectivity index (χ0v) is 18.5. The molecule has 1 saturated heterocycles. The number of hydrogen-bond donors (Lipinski definition) is 0. The van der Waals surface area contributed by atoms with Crippen LogP contribution in [0.3, 0.4) is 0 Å². The van der Waals surface area contributed by atoms with E-state index >= 15 is 0 Å². The summed E-state index contributed by atoms with van der Waals surface area (Å²) >= 11 is 3.32. The van der Waals surface area contributed by atoms with Gasteiger partial charge in [-0.1, -0.05) is 35.6 Å². The van der Waals surface area contributed by atoms with Gasteiger partial charge in [-0.05, 0) is 56.0 Å². The number of ether oxygens (including phenoxy) is 1. The number of aromatic nitrogens is 1. The molecule has 29 heavy (non-hydrogen) atoms. The highest BCUT2D eigenvalue weighted by Gasteiger charge is 2.26. The summed E-state index contributed by atoms with van der Waals surface area (Å²) in [4.78, 5) is 21.1. The fourth-order valence-corrected chi connectivity index (χ4v) is 5.43. The third-order valence-corrected chi connectivity index (χ3v) is 7.40. The Morgan fingerprint density at radius 2 is 2.07 bits per heavy atom. The molecule has 1 unspecified atom stereocenters. The average Bonchev–Trinajstić information content (AvgIpc) is 3.39. The van der Waals surface area contributed by atoms with Gasteiger partial charge in [0.2, 0.25) is 5.91 Å². The van der Waals surface area contributed by atoms with Crippen LogP contribution in [0.1, 0.15) is 30.4 Å². The molecule has 2 heterocycles. The van der Waals surface area contributed by atoms with Crippen LogP contribution < -0.4 is 4.90 Å². The van der Waals surface area contributed by atoms with Crippen molar-refractivity contribution in [3.05, 3.63) is 53.6 Å². The van der Waals surface area contributed by atoms with Gasteiger partial charge in [0, 0.05) is 23.7 Å². The van der Waals surface area contributed by atoms with Gasteiger partial charge in [0.1, 0.15) is 0 Å². The van der Waals surface area contributed by atoms with E-state index in [0.29, 0.717) is 13.0 Å². The number of aryl methyl sites for hydroxylation is 2. The molecule has 0 N–H and O–H groups in total. The Morgan fingerprint density at radius 1 is 1.24 bits per heavy atom. The quantitative estimate of drug-likeness (QED) is 0.461. The maximum Gasteiger partial charge on any atom is 0.229 e. The summed E-state index contributed by atoms with van der Waals surface area (Å²) in [5, 5.41) is 0.791. The lowest BCUT2D eigenvalue weighted by Gasteiger charge is -2.23. The van der Waals surface area contributed by atoms with Crippen LogP contribution >= 0.6 is 23.1 Å². The van der Waals surface area contributed by atoms with Gasteiger partial charge < -0.3 is 4.74 Å². The zero-order chi connectivity index (χ0) is 20.2. The summed E-state index contributed by atoms with van der Waals surface area (Å²) in [5.41, 5.74) is 3.42. The predicted molar refractivity (Wildman–Crippen MR) is 122 cm³/mol. The van der Waals surface area contributed by atoms with Gasteiger partial charge in [-0.3, -0.25) is 9.69 Å². The molecule has 1 atom stereocenters. The largest absolute Gasteiger partial charge is 0.376 e. The minimum absolute atomic E-state index is 0.107. The van der Waals surface area contributed by atoms with E-state index < -0.39 is 0 Å². The van der Waals surface area contributed by atoms with Crippen LogP contribution in [-0.4, -0.2) is 35.9 Å². The van der Waals surface area contributed by atoms with Crippen LogP contribution in [0.2, 0.25) is 0 Å². The Hall–Kier alpha value is -1.89. The standard InChI is InChI=1S/C23H26N2O2S2/c1-16-10-11-20-22(17(16)2)24-23(29-20)25(15-18-7-6-13-27-18)21(26)12-14-28-19-8-4-3-5-9-19/h3-5,8-11,18H,6-7,12-15H2,1-2H3. The van der Waals surface area contributed by atoms with Gasteiger partial charge in [0.25, 0.3) is 0 Å². The summed E-state index contributed by atoms with van der Waals surface area (Å²) < 4.78 is 6.95. The maximum atomic E-state index is 13.2. The Kier molecular flexibility index (Phi) is 6.53. The molecule has 1 aliphatic rings. The van der Waals surface area contributed by atoms with Crippen LogP contribution in [0, 0.1) is 13.8 Å². The summed E-state index contributed by atoms with van der Waals surface area (Å²) in [6.07, 6.45) is 2.66. The smallest absolute Gasteiger partial charge is 0.229 e. The summed E-state index contributed by atoms with van der Waals surface area (Å²) in [5.74, 6) is 0.880. The first-order valence-corrected chi connectivity index (χ1v) is 11.9. The van der Waals surface area contributed by atoms with Crippen molar-refractivity contribution in [2.75, 3.05) is 23.8 Å². The monoisotopic (exact) mass is 426 g/mol. The van der Waals surface area contributed by atoms with Crippen molar-refractivity contribution < 1.29 is 9.53 Å². The second kappa shape index (κ2) is 9.28. The number of thiazole rings is 1. The molecule has 0 bridgehead atoms. The number of anilines is 1. The first kappa shape index (κ1) is 20.4. The Bertz CT molecular complexity index is 981. The summed E-state index contributed by atoms with van der Waals surface area (Å²) in [6.45, 7) is 5.58. The first-order chi connectivity index (χ1) is 14.1. The number of nitrogens with zero attached hydrogens (tertiary/aromatic N) is 2. The Balaban J connectivity index is 1.52. The van der Waals surface area contributed by atoms with Crippen molar-refractivity contribution in [1.82, 2.24) is 4.98 Å². The lowest BCUT2D eigenvalue weighted by atomic mass is 10.1. The van der Waals surface area contributed by atoms with E-state index in [2.05, 4.69) is 38.1 Å². The molecule has 152 valence electrons. The number of thioether (sulfide) groups is 1. The highest BCUT2D eigenvalue weighted by atomic mass is 32.2. The van der Waals surface area contributed by atoms with Gasteiger partial charge in [0.15, 0.2) is 5.13 Å². The number of hydrogen-bond acceptors (Lipinski definition) is 5. The Labute approximate surface area is 180 Å². The fraction of sp³-hybridized carbons (Fsp3) is 0.391. The van der Waals surface area contributed by atoms with Crippen molar-refractivity contribution in [3.8, 4) is 0 Å². The maximum absolute atomic E-state index is 13.2. The molecule has 1 amide bonds. The van der Waals surface area contributed by atoms with Crippen LogP contribution in [0.5, 0.6) is 0 Å². The highest BCUT2D eigenvalue weighted by Crippen LogP contribution is 2.33. The molecule has 1 aromatic heterocycles. The number of carbonyl (C=O) groups is 1. The van der Waals surface area contributed by atoms with Gasteiger partial charge in [-0.2, -0.15) is 0 Å². The molecule has 0 radical (unpaired) electrons.